The normalized spacial score (nSPS) is 19.6. The molecule has 2 N–H and O–H groups in total. The summed E-state index contributed by atoms with van der Waals surface area (Å²) in [6.07, 6.45) is 12.9. The van der Waals surface area contributed by atoms with E-state index in [0.29, 0.717) is 6.54 Å². The highest BCUT2D eigenvalue weighted by Gasteiger charge is 2.39. The van der Waals surface area contributed by atoms with Crippen LogP contribution < -0.4 is 10.6 Å². The van der Waals surface area contributed by atoms with Crippen LogP contribution >= 0.6 is 11.6 Å². The highest BCUT2D eigenvalue weighted by Crippen LogP contribution is 2.48. The zero-order chi connectivity index (χ0) is 27.5. The molecule has 200 valence electrons. The molecule has 0 unspecified atom stereocenters. The van der Waals surface area contributed by atoms with Crippen molar-refractivity contribution in [2.75, 3.05) is 18.0 Å². The number of anilines is 1. The standard InChI is InChI=1S/C35H43ClN2/c1-25-13-7-8-16-29(25)34(3,4)26(2)19-20-27-14-11-15-28(33(27)36)21-22-32-35(5,6)30-17-9-10-18-31(30)38(32)24-12-23-37/h7-10,13,16-22H,2,11-12,14-15,23-24,37H2,1,3-6H3/b20-19+,28-21+,32-22+. The van der Waals surface area contributed by atoms with Crippen molar-refractivity contribution in [2.24, 2.45) is 5.73 Å². The number of para-hydroxylation sites is 1. The Labute approximate surface area is 235 Å². The Hall–Kier alpha value is -2.81. The molecule has 3 heteroatoms. The fourth-order valence-electron chi connectivity index (χ4n) is 5.88. The van der Waals surface area contributed by atoms with Crippen molar-refractivity contribution in [1.29, 1.82) is 0 Å². The van der Waals surface area contributed by atoms with Crippen LogP contribution in [0.3, 0.4) is 0 Å². The van der Waals surface area contributed by atoms with Gasteiger partial charge in [0, 0.05) is 33.8 Å². The van der Waals surface area contributed by atoms with E-state index in [2.05, 4.69) is 119 Å². The van der Waals surface area contributed by atoms with Crippen LogP contribution in [0, 0.1) is 6.92 Å². The summed E-state index contributed by atoms with van der Waals surface area (Å²) in [7, 11) is 0. The topological polar surface area (TPSA) is 29.3 Å². The van der Waals surface area contributed by atoms with Crippen LogP contribution in [0.2, 0.25) is 0 Å². The second-order valence-corrected chi connectivity index (χ2v) is 12.0. The molecule has 0 radical (unpaired) electrons. The quantitative estimate of drug-likeness (QED) is 0.347. The highest BCUT2D eigenvalue weighted by molar-refractivity contribution is 6.32. The average Bonchev–Trinajstić information content (AvgIpc) is 3.11. The van der Waals surface area contributed by atoms with Crippen molar-refractivity contribution in [3.8, 4) is 0 Å². The lowest BCUT2D eigenvalue weighted by atomic mass is 9.76. The number of rotatable bonds is 8. The van der Waals surface area contributed by atoms with Gasteiger partial charge in [-0.1, -0.05) is 107 Å². The van der Waals surface area contributed by atoms with Gasteiger partial charge in [-0.3, -0.25) is 0 Å². The summed E-state index contributed by atoms with van der Waals surface area (Å²) in [6.45, 7) is 17.3. The average molecular weight is 527 g/mol. The van der Waals surface area contributed by atoms with Crippen molar-refractivity contribution >= 4 is 17.3 Å². The number of hydrogen-bond donors (Lipinski definition) is 1. The SMILES string of the molecule is C=C(/C=C/C1=C(Cl)C(=C/C=C2/N(CCCN)c3ccccc3C2(C)C)/CCC1)C(C)(C)c1ccccc1C. The maximum Gasteiger partial charge on any atom is 0.0469 e. The monoisotopic (exact) mass is 526 g/mol. The Bertz CT molecular complexity index is 1320. The smallest absolute Gasteiger partial charge is 0.0469 e. The molecule has 4 rings (SSSR count). The summed E-state index contributed by atoms with van der Waals surface area (Å²) in [5.74, 6) is 0. The van der Waals surface area contributed by atoms with Crippen molar-refractivity contribution in [3.63, 3.8) is 0 Å². The van der Waals surface area contributed by atoms with Gasteiger partial charge in [-0.2, -0.15) is 0 Å². The molecule has 0 spiro atoms. The largest absolute Gasteiger partial charge is 0.344 e. The molecule has 0 bridgehead atoms. The summed E-state index contributed by atoms with van der Waals surface area (Å²) in [4.78, 5) is 2.44. The Morgan fingerprint density at radius 1 is 1.08 bits per heavy atom. The molecule has 2 aromatic carbocycles. The van der Waals surface area contributed by atoms with Crippen LogP contribution in [0.25, 0.3) is 0 Å². The van der Waals surface area contributed by atoms with Crippen molar-refractivity contribution in [1.82, 2.24) is 0 Å². The Morgan fingerprint density at radius 3 is 2.53 bits per heavy atom. The molecular weight excluding hydrogens is 484 g/mol. The molecule has 0 saturated heterocycles. The van der Waals surface area contributed by atoms with Gasteiger partial charge in [0.15, 0.2) is 0 Å². The lowest BCUT2D eigenvalue weighted by Crippen LogP contribution is -2.28. The van der Waals surface area contributed by atoms with E-state index in [-0.39, 0.29) is 10.8 Å². The van der Waals surface area contributed by atoms with E-state index < -0.39 is 0 Å². The van der Waals surface area contributed by atoms with Crippen LogP contribution in [0.1, 0.15) is 70.1 Å². The van der Waals surface area contributed by atoms with E-state index in [1.54, 1.807) is 0 Å². The van der Waals surface area contributed by atoms with Crippen LogP contribution in [0.15, 0.2) is 107 Å². The Kier molecular flexibility index (Phi) is 8.55. The van der Waals surface area contributed by atoms with Gasteiger partial charge in [-0.15, -0.1) is 0 Å². The predicted octanol–water partition coefficient (Wildman–Crippen LogP) is 9.02. The fraction of sp³-hybridized carbons (Fsp3) is 0.371. The van der Waals surface area contributed by atoms with Crippen LogP contribution in [-0.2, 0) is 10.8 Å². The molecule has 0 fully saturated rings. The molecule has 0 atom stereocenters. The van der Waals surface area contributed by atoms with E-state index in [1.807, 2.05) is 0 Å². The second kappa shape index (κ2) is 11.5. The van der Waals surface area contributed by atoms with Gasteiger partial charge in [0.1, 0.15) is 0 Å². The first-order chi connectivity index (χ1) is 18.1. The van der Waals surface area contributed by atoms with E-state index in [0.717, 1.165) is 42.8 Å². The molecule has 0 amide bonds. The first-order valence-corrected chi connectivity index (χ1v) is 14.3. The molecule has 38 heavy (non-hydrogen) atoms. The van der Waals surface area contributed by atoms with Gasteiger partial charge in [0.25, 0.3) is 0 Å². The lowest BCUT2D eigenvalue weighted by Gasteiger charge is -2.28. The van der Waals surface area contributed by atoms with E-state index in [9.17, 15) is 0 Å². The lowest BCUT2D eigenvalue weighted by molar-refractivity contribution is 0.626. The number of benzene rings is 2. The van der Waals surface area contributed by atoms with Gasteiger partial charge in [0.05, 0.1) is 0 Å². The number of fused-ring (bicyclic) bond motifs is 1. The first kappa shape index (κ1) is 28.2. The van der Waals surface area contributed by atoms with E-state index in [1.165, 1.54) is 39.2 Å². The minimum absolute atomic E-state index is 0.0747. The highest BCUT2D eigenvalue weighted by atomic mass is 35.5. The van der Waals surface area contributed by atoms with Crippen molar-refractivity contribution in [2.45, 2.75) is 71.1 Å². The van der Waals surface area contributed by atoms with Gasteiger partial charge >= 0.3 is 0 Å². The molecule has 1 aliphatic carbocycles. The van der Waals surface area contributed by atoms with Crippen LogP contribution in [-0.4, -0.2) is 13.1 Å². The number of allylic oxidation sites excluding steroid dienone is 9. The summed E-state index contributed by atoms with van der Waals surface area (Å²) in [6, 6.07) is 17.3. The predicted molar refractivity (Wildman–Crippen MR) is 166 cm³/mol. The molecule has 2 nitrogen and oxygen atoms in total. The number of aryl methyl sites for hydroxylation is 1. The second-order valence-electron chi connectivity index (χ2n) is 11.7. The molecule has 0 saturated carbocycles. The number of nitrogens with two attached hydrogens (primary N) is 1. The summed E-state index contributed by atoms with van der Waals surface area (Å²) in [5, 5.41) is 0.882. The zero-order valence-electron chi connectivity index (χ0n) is 23.8. The Balaban J connectivity index is 1.62. The summed E-state index contributed by atoms with van der Waals surface area (Å²) < 4.78 is 0. The molecule has 0 aromatic heterocycles. The molecule has 1 aliphatic heterocycles. The molecule has 2 aliphatic rings. The van der Waals surface area contributed by atoms with E-state index >= 15 is 0 Å². The number of halogens is 1. The Morgan fingerprint density at radius 2 is 1.79 bits per heavy atom. The fourth-order valence-corrected chi connectivity index (χ4v) is 6.19. The third-order valence-corrected chi connectivity index (χ3v) is 8.88. The minimum atomic E-state index is -0.150. The maximum atomic E-state index is 7.03. The zero-order valence-corrected chi connectivity index (χ0v) is 24.5. The molecular formula is C35H43ClN2. The summed E-state index contributed by atoms with van der Waals surface area (Å²) in [5.41, 5.74) is 15.7. The number of nitrogens with zero attached hydrogens (tertiary/aromatic N) is 1. The third kappa shape index (κ3) is 5.48. The van der Waals surface area contributed by atoms with Crippen molar-refractivity contribution < 1.29 is 0 Å². The first-order valence-electron chi connectivity index (χ1n) is 13.9. The van der Waals surface area contributed by atoms with Gasteiger partial charge in [-0.25, -0.2) is 0 Å². The van der Waals surface area contributed by atoms with E-state index in [4.69, 9.17) is 17.3 Å². The van der Waals surface area contributed by atoms with Gasteiger partial charge in [0.2, 0.25) is 0 Å². The molecule has 2 aromatic rings. The third-order valence-electron chi connectivity index (χ3n) is 8.39. The number of hydrogen-bond acceptors (Lipinski definition) is 2. The molecule has 1 heterocycles. The summed E-state index contributed by atoms with van der Waals surface area (Å²) >= 11 is 7.03. The van der Waals surface area contributed by atoms with Crippen LogP contribution in [0.4, 0.5) is 5.69 Å². The maximum absolute atomic E-state index is 7.03. The van der Waals surface area contributed by atoms with Crippen molar-refractivity contribution in [3.05, 3.63) is 124 Å². The van der Waals surface area contributed by atoms with Gasteiger partial charge < -0.3 is 10.6 Å². The minimum Gasteiger partial charge on any atom is -0.344 e. The van der Waals surface area contributed by atoms with Crippen LogP contribution in [0.5, 0.6) is 0 Å². The van der Waals surface area contributed by atoms with Gasteiger partial charge in [-0.05, 0) is 84.7 Å².